The average molecular weight is 774 g/mol. The quantitative estimate of drug-likeness (QED) is 0.144. The maximum Gasteiger partial charge on any atom is 0.454 e. The fourth-order valence-corrected chi connectivity index (χ4v) is 12.0. The SMILES string of the molecule is Cc1ccnc(C(C)C)c1-n1c(=O)nc(N2CCC(B(O)O)CC2)c2cc(F)c(-c3c(F)cccc3CC(C)(C)[Si](O)(c3ccccc3)c3ccccc3)nc21. The lowest BCUT2D eigenvalue weighted by Gasteiger charge is -2.41. The van der Waals surface area contributed by atoms with Gasteiger partial charge in [-0.2, -0.15) is 4.98 Å². The summed E-state index contributed by atoms with van der Waals surface area (Å²) in [5.41, 5.74) is 1.38. The maximum absolute atomic E-state index is 16.9. The third-order valence-corrected chi connectivity index (χ3v) is 15.8. The molecule has 13 heteroatoms. The molecule has 9 nitrogen and oxygen atoms in total. The Morgan fingerprint density at radius 2 is 1.52 bits per heavy atom. The van der Waals surface area contributed by atoms with Crippen molar-refractivity contribution in [1.29, 1.82) is 0 Å². The predicted octanol–water partition coefficient (Wildman–Crippen LogP) is 6.07. The first-order valence-corrected chi connectivity index (χ1v) is 21.0. The van der Waals surface area contributed by atoms with E-state index in [4.69, 9.17) is 4.98 Å². The highest BCUT2D eigenvalue weighted by Gasteiger charge is 2.50. The van der Waals surface area contributed by atoms with Gasteiger partial charge in [0.05, 0.1) is 16.8 Å². The molecule has 3 aromatic carbocycles. The van der Waals surface area contributed by atoms with E-state index in [0.29, 0.717) is 42.9 Å². The van der Waals surface area contributed by atoms with E-state index in [1.807, 2.05) is 100 Å². The van der Waals surface area contributed by atoms with Crippen LogP contribution in [0.5, 0.6) is 0 Å². The van der Waals surface area contributed by atoms with Gasteiger partial charge in [-0.15, -0.1) is 0 Å². The van der Waals surface area contributed by atoms with Crippen molar-refractivity contribution >= 4 is 42.7 Å². The van der Waals surface area contributed by atoms with E-state index in [0.717, 1.165) is 15.9 Å². The van der Waals surface area contributed by atoms with Crippen LogP contribution >= 0.6 is 0 Å². The van der Waals surface area contributed by atoms with Gasteiger partial charge in [0, 0.05) is 24.8 Å². The summed E-state index contributed by atoms with van der Waals surface area (Å²) in [7, 11) is -5.04. The van der Waals surface area contributed by atoms with Gasteiger partial charge in [-0.05, 0) is 82.7 Å². The van der Waals surface area contributed by atoms with E-state index in [2.05, 4.69) is 9.97 Å². The minimum absolute atomic E-state index is 0.0560. The zero-order chi connectivity index (χ0) is 39.9. The molecule has 0 saturated carbocycles. The van der Waals surface area contributed by atoms with Crippen LogP contribution in [0.15, 0.2) is 102 Å². The van der Waals surface area contributed by atoms with Crippen molar-refractivity contribution < 1.29 is 23.6 Å². The maximum atomic E-state index is 16.9. The molecule has 0 atom stereocenters. The van der Waals surface area contributed by atoms with E-state index < -0.39 is 37.8 Å². The Morgan fingerprint density at radius 1 is 0.893 bits per heavy atom. The Morgan fingerprint density at radius 3 is 2.11 bits per heavy atom. The Kier molecular flexibility index (Phi) is 10.8. The Hall–Kier alpha value is -5.08. The second kappa shape index (κ2) is 15.5. The highest BCUT2D eigenvalue weighted by atomic mass is 28.4. The van der Waals surface area contributed by atoms with Gasteiger partial charge in [0.15, 0.2) is 5.65 Å². The molecule has 0 amide bonds. The number of hydrogen-bond donors (Lipinski definition) is 3. The highest BCUT2D eigenvalue weighted by Crippen LogP contribution is 2.43. The number of nitrogens with zero attached hydrogens (tertiary/aromatic N) is 5. The van der Waals surface area contributed by atoms with Crippen LogP contribution in [0, 0.1) is 18.6 Å². The Labute approximate surface area is 326 Å². The number of rotatable bonds is 10. The van der Waals surface area contributed by atoms with Crippen LogP contribution in [-0.4, -0.2) is 62.9 Å². The number of anilines is 1. The van der Waals surface area contributed by atoms with E-state index in [9.17, 15) is 19.6 Å². The van der Waals surface area contributed by atoms with Crippen LogP contribution in [0.1, 0.15) is 63.3 Å². The lowest BCUT2D eigenvalue weighted by Crippen LogP contribution is -2.65. The standard InChI is InChI=1S/C43H46BF2N5O4Si/c1-27(2)37-39(28(3)19-22-47-37)51-41-33(40(49-42(51)52)50-23-20-30(21-24-50)44(53)54)25-35(46)38(48-41)36-29(13-12-18-34(36)45)26-43(4,5)56(55,31-14-8-6-9-15-31)32-16-10-7-11-17-32/h6-19,22,25,27,30,53-55H,20-21,23-24,26H2,1-5H3. The second-order valence-electron chi connectivity index (χ2n) is 15.8. The van der Waals surface area contributed by atoms with Gasteiger partial charge in [-0.3, -0.25) is 4.98 Å². The molecule has 1 aliphatic heterocycles. The Bertz CT molecular complexity index is 2400. The minimum atomic E-state index is -3.57. The van der Waals surface area contributed by atoms with Crippen molar-refractivity contribution in [2.24, 2.45) is 0 Å². The number of piperidine rings is 1. The summed E-state index contributed by atoms with van der Waals surface area (Å²) in [5.74, 6) is -1.73. The summed E-state index contributed by atoms with van der Waals surface area (Å²) in [5, 5.41) is 20.6. The lowest BCUT2D eigenvalue weighted by atomic mass is 9.67. The van der Waals surface area contributed by atoms with Gasteiger partial charge in [0.2, 0.25) is 0 Å². The molecule has 56 heavy (non-hydrogen) atoms. The third-order valence-electron chi connectivity index (χ3n) is 11.3. The number of benzene rings is 3. The number of hydrogen-bond acceptors (Lipinski definition) is 8. The molecule has 0 radical (unpaired) electrons. The van der Waals surface area contributed by atoms with Crippen LogP contribution in [-0.2, 0) is 6.42 Å². The van der Waals surface area contributed by atoms with Crippen LogP contribution < -0.4 is 21.0 Å². The highest BCUT2D eigenvalue weighted by molar-refractivity contribution is 6.98. The first kappa shape index (κ1) is 39.2. The van der Waals surface area contributed by atoms with Crippen LogP contribution in [0.2, 0.25) is 10.9 Å². The van der Waals surface area contributed by atoms with E-state index >= 15 is 8.78 Å². The summed E-state index contributed by atoms with van der Waals surface area (Å²) in [6.45, 7) is 10.4. The molecular weight excluding hydrogens is 727 g/mol. The zero-order valence-corrected chi connectivity index (χ0v) is 33.2. The summed E-state index contributed by atoms with van der Waals surface area (Å²) in [6, 6.07) is 26.7. The van der Waals surface area contributed by atoms with E-state index in [-0.39, 0.29) is 46.3 Å². The molecule has 1 saturated heterocycles. The molecule has 7 rings (SSSR count). The summed E-state index contributed by atoms with van der Waals surface area (Å²) in [4.78, 5) is 43.1. The molecule has 0 aliphatic carbocycles. The average Bonchev–Trinajstić information content (AvgIpc) is 3.18. The van der Waals surface area contributed by atoms with Gasteiger partial charge in [-0.25, -0.2) is 23.1 Å². The first-order chi connectivity index (χ1) is 26.7. The molecule has 1 fully saturated rings. The van der Waals surface area contributed by atoms with Crippen molar-refractivity contribution in [2.45, 2.75) is 70.7 Å². The predicted molar refractivity (Wildman–Crippen MR) is 220 cm³/mol. The topological polar surface area (TPSA) is 125 Å². The molecular formula is C43H46BF2N5O4Si. The van der Waals surface area contributed by atoms with Gasteiger partial charge in [-0.1, -0.05) is 100 Å². The number of fused-ring (bicyclic) bond motifs is 1. The van der Waals surface area contributed by atoms with Crippen LogP contribution in [0.4, 0.5) is 14.6 Å². The molecule has 4 heterocycles. The molecule has 0 spiro atoms. The smallest absolute Gasteiger partial charge is 0.427 e. The van der Waals surface area contributed by atoms with Crippen molar-refractivity contribution in [3.63, 3.8) is 0 Å². The second-order valence-corrected chi connectivity index (χ2v) is 19.7. The zero-order valence-electron chi connectivity index (χ0n) is 32.2. The normalized spacial score (nSPS) is 14.2. The van der Waals surface area contributed by atoms with Gasteiger partial charge < -0.3 is 19.7 Å². The number of aryl methyl sites for hydroxylation is 1. The molecule has 288 valence electrons. The fraction of sp³-hybridized carbons (Fsp3) is 0.302. The number of halogens is 2. The van der Waals surface area contributed by atoms with E-state index in [1.54, 1.807) is 24.4 Å². The van der Waals surface area contributed by atoms with Gasteiger partial charge in [0.25, 0.3) is 8.32 Å². The van der Waals surface area contributed by atoms with Crippen molar-refractivity contribution in [1.82, 2.24) is 19.5 Å². The summed E-state index contributed by atoms with van der Waals surface area (Å²) in [6.07, 6.45) is 2.69. The minimum Gasteiger partial charge on any atom is -0.427 e. The summed E-state index contributed by atoms with van der Waals surface area (Å²) < 4.78 is 34.7. The molecule has 1 aliphatic rings. The van der Waals surface area contributed by atoms with Crippen molar-refractivity contribution in [3.05, 3.63) is 136 Å². The number of pyridine rings is 2. The first-order valence-electron chi connectivity index (χ1n) is 19.0. The molecule has 3 N–H and O–H groups in total. The van der Waals surface area contributed by atoms with Crippen molar-refractivity contribution in [3.8, 4) is 16.9 Å². The molecule has 0 unspecified atom stereocenters. The molecule has 0 bridgehead atoms. The van der Waals surface area contributed by atoms with E-state index in [1.165, 1.54) is 16.7 Å². The van der Waals surface area contributed by atoms with Gasteiger partial charge in [0.1, 0.15) is 23.1 Å². The van der Waals surface area contributed by atoms with Gasteiger partial charge >= 0.3 is 12.8 Å². The monoisotopic (exact) mass is 773 g/mol. The van der Waals surface area contributed by atoms with Crippen LogP contribution in [0.25, 0.3) is 28.0 Å². The fourth-order valence-electron chi connectivity index (χ4n) is 8.31. The molecule has 6 aromatic rings. The lowest BCUT2D eigenvalue weighted by molar-refractivity contribution is 0.364. The molecule has 3 aromatic heterocycles. The Balaban J connectivity index is 1.45. The van der Waals surface area contributed by atoms with Crippen LogP contribution in [0.3, 0.4) is 0 Å². The third kappa shape index (κ3) is 6.97. The van der Waals surface area contributed by atoms with Crippen molar-refractivity contribution in [2.75, 3.05) is 18.0 Å². The number of aromatic nitrogens is 4. The summed E-state index contributed by atoms with van der Waals surface area (Å²) >= 11 is 0. The largest absolute Gasteiger partial charge is 0.454 e.